The van der Waals surface area contributed by atoms with Crippen LogP contribution >= 0.6 is 23.1 Å². The lowest BCUT2D eigenvalue weighted by atomic mass is 10.0. The van der Waals surface area contributed by atoms with E-state index in [1.165, 1.54) is 11.3 Å². The molecule has 1 aliphatic heterocycles. The molecule has 2 aromatic carbocycles. The fourth-order valence-electron chi connectivity index (χ4n) is 4.84. The van der Waals surface area contributed by atoms with Crippen molar-refractivity contribution in [1.29, 1.82) is 0 Å². The van der Waals surface area contributed by atoms with Crippen molar-refractivity contribution < 1.29 is 19.2 Å². The third-order valence-corrected chi connectivity index (χ3v) is 8.80. The van der Waals surface area contributed by atoms with E-state index >= 15 is 0 Å². The summed E-state index contributed by atoms with van der Waals surface area (Å²) in [6, 6.07) is 13.7. The van der Waals surface area contributed by atoms with Crippen LogP contribution < -0.4 is 16.0 Å². The number of hydrogen-bond acceptors (Lipinski definition) is 8. The topological polar surface area (TPSA) is 145 Å². The average molecular weight is 617 g/mol. The number of aliphatic imine (C=N–C) groups is 1. The number of fused-ring (bicyclic) bond motifs is 1. The lowest BCUT2D eigenvalue weighted by Crippen LogP contribution is -2.51. The Kier molecular flexibility index (Phi) is 10.0. The molecule has 3 heterocycles. The Bertz CT molecular complexity index is 1650. The van der Waals surface area contributed by atoms with Crippen molar-refractivity contribution in [3.05, 3.63) is 88.0 Å². The highest BCUT2D eigenvalue weighted by Gasteiger charge is 2.27. The number of aromatic nitrogens is 2. The molecule has 2 atom stereocenters. The lowest BCUT2D eigenvalue weighted by molar-refractivity contribution is -0.130. The molecule has 222 valence electrons. The van der Waals surface area contributed by atoms with E-state index < -0.39 is 23.9 Å². The minimum Gasteiger partial charge on any atom is -0.361 e. The minimum atomic E-state index is -0.885. The SMILES string of the molecule is CCC(=O)NC(Cc1cccc(C2=NCCS2)c1)C(=O)NCC(=O)NC(Cc1c[nH]c2ccccc12)C(=O)c1nccs1. The summed E-state index contributed by atoms with van der Waals surface area (Å²) in [5.74, 6) is -0.657. The van der Waals surface area contributed by atoms with Crippen molar-refractivity contribution in [2.24, 2.45) is 4.99 Å². The lowest BCUT2D eigenvalue weighted by Gasteiger charge is -2.20. The van der Waals surface area contributed by atoms with Crippen molar-refractivity contribution in [3.63, 3.8) is 0 Å². The molecule has 0 spiro atoms. The number of benzene rings is 2. The van der Waals surface area contributed by atoms with Crippen LogP contribution in [0.1, 0.15) is 39.8 Å². The van der Waals surface area contributed by atoms with Gasteiger partial charge in [0.2, 0.25) is 23.5 Å². The molecule has 3 amide bonds. The van der Waals surface area contributed by atoms with Gasteiger partial charge in [-0.1, -0.05) is 43.3 Å². The van der Waals surface area contributed by atoms with Gasteiger partial charge in [0, 0.05) is 65.8 Å². The molecule has 0 fully saturated rings. The van der Waals surface area contributed by atoms with E-state index in [2.05, 4.69) is 30.9 Å². The van der Waals surface area contributed by atoms with Crippen LogP contribution in [-0.2, 0) is 27.2 Å². The van der Waals surface area contributed by atoms with E-state index in [1.807, 2.05) is 54.7 Å². The van der Waals surface area contributed by atoms with Crippen LogP contribution in [0.2, 0.25) is 0 Å². The first-order valence-electron chi connectivity index (χ1n) is 14.0. The average Bonchev–Trinajstić information content (AvgIpc) is 3.82. The molecule has 0 saturated carbocycles. The van der Waals surface area contributed by atoms with Gasteiger partial charge in [0.15, 0.2) is 5.01 Å². The molecule has 1 aliphatic rings. The van der Waals surface area contributed by atoms with Crippen LogP contribution in [0.4, 0.5) is 0 Å². The summed E-state index contributed by atoms with van der Waals surface area (Å²) in [5.41, 5.74) is 3.65. The summed E-state index contributed by atoms with van der Waals surface area (Å²) in [4.78, 5) is 63.7. The number of nitrogens with zero attached hydrogens (tertiary/aromatic N) is 2. The molecule has 0 bridgehead atoms. The Labute approximate surface area is 257 Å². The fourth-order valence-corrected chi connectivity index (χ4v) is 6.33. The van der Waals surface area contributed by atoms with Gasteiger partial charge in [0.1, 0.15) is 6.04 Å². The maximum Gasteiger partial charge on any atom is 0.243 e. The summed E-state index contributed by atoms with van der Waals surface area (Å²) < 4.78 is 0. The number of nitrogens with one attached hydrogen (secondary N) is 4. The molecule has 0 aliphatic carbocycles. The third kappa shape index (κ3) is 7.76. The Morgan fingerprint density at radius 2 is 1.84 bits per heavy atom. The predicted octanol–water partition coefficient (Wildman–Crippen LogP) is 3.28. The monoisotopic (exact) mass is 616 g/mol. The van der Waals surface area contributed by atoms with Crippen molar-refractivity contribution >= 4 is 62.6 Å². The summed E-state index contributed by atoms with van der Waals surface area (Å²) in [6.07, 6.45) is 4.08. The number of thioether (sulfide) groups is 1. The number of ketones is 1. The molecule has 0 radical (unpaired) electrons. The van der Waals surface area contributed by atoms with Crippen LogP contribution in [-0.4, -0.2) is 69.4 Å². The first kappa shape index (κ1) is 30.2. The number of carbonyl (C=O) groups excluding carboxylic acids is 4. The Balaban J connectivity index is 1.25. The number of rotatable bonds is 13. The fraction of sp³-hybridized carbons (Fsp3) is 0.290. The number of hydrogen-bond donors (Lipinski definition) is 4. The van der Waals surface area contributed by atoms with Crippen molar-refractivity contribution in [2.45, 2.75) is 38.3 Å². The number of Topliss-reactive ketones (excluding diaryl/α,β-unsaturated/α-hetero) is 1. The zero-order valence-corrected chi connectivity index (χ0v) is 25.2. The van der Waals surface area contributed by atoms with E-state index in [4.69, 9.17) is 0 Å². The van der Waals surface area contributed by atoms with E-state index in [1.54, 1.807) is 30.3 Å². The number of thiazole rings is 1. The van der Waals surface area contributed by atoms with Crippen LogP contribution in [0.25, 0.3) is 10.9 Å². The van der Waals surface area contributed by atoms with Gasteiger partial charge in [-0.3, -0.25) is 24.2 Å². The van der Waals surface area contributed by atoms with Gasteiger partial charge in [-0.25, -0.2) is 4.98 Å². The van der Waals surface area contributed by atoms with Crippen molar-refractivity contribution in [3.8, 4) is 0 Å². The van der Waals surface area contributed by atoms with Gasteiger partial charge >= 0.3 is 0 Å². The smallest absolute Gasteiger partial charge is 0.243 e. The number of amides is 3. The van der Waals surface area contributed by atoms with Gasteiger partial charge in [-0.05, 0) is 23.3 Å². The van der Waals surface area contributed by atoms with E-state index in [-0.39, 0.29) is 37.5 Å². The van der Waals surface area contributed by atoms with Crippen molar-refractivity contribution in [1.82, 2.24) is 25.9 Å². The Morgan fingerprint density at radius 3 is 2.60 bits per heavy atom. The highest BCUT2D eigenvalue weighted by Crippen LogP contribution is 2.22. The quantitative estimate of drug-likeness (QED) is 0.170. The number of H-pyrrole nitrogens is 1. The predicted molar refractivity (Wildman–Crippen MR) is 170 cm³/mol. The molecule has 0 saturated heterocycles. The number of aromatic amines is 1. The van der Waals surface area contributed by atoms with Gasteiger partial charge in [0.05, 0.1) is 17.6 Å². The molecule has 2 unspecified atom stereocenters. The van der Waals surface area contributed by atoms with Crippen LogP contribution in [0.15, 0.2) is 71.3 Å². The Morgan fingerprint density at radius 1 is 1.00 bits per heavy atom. The number of para-hydroxylation sites is 1. The van der Waals surface area contributed by atoms with E-state index in [9.17, 15) is 19.2 Å². The molecule has 12 heteroatoms. The first-order chi connectivity index (χ1) is 20.9. The second kappa shape index (κ2) is 14.3. The molecule has 5 rings (SSSR count). The Hall–Kier alpha value is -4.29. The van der Waals surface area contributed by atoms with Crippen molar-refractivity contribution in [2.75, 3.05) is 18.8 Å². The molecule has 43 heavy (non-hydrogen) atoms. The minimum absolute atomic E-state index is 0.214. The molecule has 4 N–H and O–H groups in total. The standard InChI is InChI=1S/C31H32N6O4S2/c1-2-26(38)37-25(15-19-6-5-7-20(14-19)30-32-10-12-42-30)29(41)35-18-27(39)36-24(28(40)31-33-11-13-43-31)16-21-17-34-23-9-4-3-8-22(21)23/h3-9,11,13-14,17,24-25,34H,2,10,12,15-16,18H2,1H3,(H,35,41)(H,36,39)(H,37,38). The molecule has 2 aromatic heterocycles. The third-order valence-electron chi connectivity index (χ3n) is 6.99. The summed E-state index contributed by atoms with van der Waals surface area (Å²) >= 11 is 2.89. The molecule has 4 aromatic rings. The van der Waals surface area contributed by atoms with Gasteiger partial charge in [-0.2, -0.15) is 0 Å². The largest absolute Gasteiger partial charge is 0.361 e. The normalized spacial score (nSPS) is 14.1. The summed E-state index contributed by atoms with van der Waals surface area (Å²) in [7, 11) is 0. The van der Waals surface area contributed by atoms with E-state index in [0.717, 1.165) is 44.9 Å². The summed E-state index contributed by atoms with van der Waals surface area (Å²) in [6.45, 7) is 2.13. The zero-order chi connectivity index (χ0) is 30.2. The van der Waals surface area contributed by atoms with Gasteiger partial charge in [0.25, 0.3) is 0 Å². The highest BCUT2D eigenvalue weighted by molar-refractivity contribution is 8.14. The second-order valence-electron chi connectivity index (χ2n) is 10.0. The first-order valence-corrected chi connectivity index (χ1v) is 15.9. The van der Waals surface area contributed by atoms with E-state index in [0.29, 0.717) is 5.01 Å². The van der Waals surface area contributed by atoms with Gasteiger partial charge in [-0.15, -0.1) is 23.1 Å². The van der Waals surface area contributed by atoms with Crippen LogP contribution in [0, 0.1) is 0 Å². The highest BCUT2D eigenvalue weighted by atomic mass is 32.2. The molecule has 10 nitrogen and oxygen atoms in total. The van der Waals surface area contributed by atoms with Crippen LogP contribution in [0.5, 0.6) is 0 Å². The number of carbonyl (C=O) groups is 4. The van der Waals surface area contributed by atoms with Crippen LogP contribution in [0.3, 0.4) is 0 Å². The molecular weight excluding hydrogens is 585 g/mol. The zero-order valence-electron chi connectivity index (χ0n) is 23.6. The summed E-state index contributed by atoms with van der Waals surface area (Å²) in [5, 5.41) is 12.1. The maximum absolute atomic E-state index is 13.3. The second-order valence-corrected chi connectivity index (χ2v) is 12.0. The maximum atomic E-state index is 13.3. The van der Waals surface area contributed by atoms with Gasteiger partial charge < -0.3 is 20.9 Å². The molecular formula is C31H32N6O4S2.